The van der Waals surface area contributed by atoms with Gasteiger partial charge in [0.05, 0.1) is 6.04 Å². The number of benzene rings is 1. The fraction of sp³-hybridized carbons (Fsp3) is 0.200. The summed E-state index contributed by atoms with van der Waals surface area (Å²) in [5.41, 5.74) is 0.750. The summed E-state index contributed by atoms with van der Waals surface area (Å²) >= 11 is 0. The average Bonchev–Trinajstić information content (AvgIpc) is 3.05. The monoisotopic (exact) mass is 267 g/mol. The maximum atomic E-state index is 12.3. The number of carbonyl (C=O) groups is 1. The van der Waals surface area contributed by atoms with E-state index in [0.29, 0.717) is 18.8 Å². The molecule has 5 heteroatoms. The number of rotatable bonds is 2. The molecule has 1 aliphatic rings. The first-order chi connectivity index (χ1) is 9.81. The normalized spacial score (nSPS) is 15.5. The van der Waals surface area contributed by atoms with E-state index in [1.54, 1.807) is 17.2 Å². The molecule has 1 aliphatic heterocycles. The maximum Gasteiger partial charge on any atom is 0.289 e. The topological polar surface area (TPSA) is 51.3 Å². The van der Waals surface area contributed by atoms with Crippen LogP contribution in [0.4, 0.5) is 0 Å². The predicted octanol–water partition coefficient (Wildman–Crippen LogP) is 2.33. The number of nitrogens with zero attached hydrogens (tertiary/aromatic N) is 3. The van der Waals surface area contributed by atoms with Crippen molar-refractivity contribution in [1.82, 2.24) is 14.7 Å². The van der Waals surface area contributed by atoms with Gasteiger partial charge in [0.2, 0.25) is 0 Å². The highest BCUT2D eigenvalue weighted by Crippen LogP contribution is 2.25. The van der Waals surface area contributed by atoms with Gasteiger partial charge in [-0.25, -0.2) is 0 Å². The van der Waals surface area contributed by atoms with Crippen molar-refractivity contribution in [3.63, 3.8) is 0 Å². The predicted molar refractivity (Wildman–Crippen MR) is 73.4 cm³/mol. The zero-order valence-electron chi connectivity index (χ0n) is 10.8. The zero-order chi connectivity index (χ0) is 13.5. The van der Waals surface area contributed by atoms with Crippen LogP contribution in [-0.2, 0) is 0 Å². The lowest BCUT2D eigenvalue weighted by molar-refractivity contribution is 0.0472. The first-order valence-electron chi connectivity index (χ1n) is 6.58. The summed E-state index contributed by atoms with van der Waals surface area (Å²) in [6, 6.07) is 11.6. The molecule has 5 nitrogen and oxygen atoms in total. The molecule has 1 fully saturated rings. The van der Waals surface area contributed by atoms with E-state index in [-0.39, 0.29) is 11.9 Å². The number of para-hydroxylation sites is 1. The minimum atomic E-state index is -0.0513. The lowest BCUT2D eigenvalue weighted by Gasteiger charge is -2.38. The first-order valence-corrected chi connectivity index (χ1v) is 6.58. The van der Waals surface area contributed by atoms with Gasteiger partial charge in [-0.05, 0) is 18.2 Å². The smallest absolute Gasteiger partial charge is 0.289 e. The van der Waals surface area contributed by atoms with Crippen LogP contribution < -0.4 is 0 Å². The van der Waals surface area contributed by atoms with Crippen LogP contribution in [-0.4, -0.2) is 33.7 Å². The van der Waals surface area contributed by atoms with Crippen molar-refractivity contribution in [1.29, 1.82) is 0 Å². The molecule has 0 saturated carbocycles. The van der Waals surface area contributed by atoms with Gasteiger partial charge in [-0.2, -0.15) is 5.10 Å². The molecular formula is C15H13N3O2. The summed E-state index contributed by atoms with van der Waals surface area (Å²) in [6.07, 6.45) is 3.68. The van der Waals surface area contributed by atoms with E-state index >= 15 is 0 Å². The highest BCUT2D eigenvalue weighted by molar-refractivity contribution is 5.96. The van der Waals surface area contributed by atoms with E-state index in [2.05, 4.69) is 5.10 Å². The molecule has 0 N–H and O–H groups in total. The van der Waals surface area contributed by atoms with Gasteiger partial charge in [0, 0.05) is 30.9 Å². The second-order valence-corrected chi connectivity index (χ2v) is 5.00. The Bertz CT molecular complexity index is 721. The molecule has 0 bridgehead atoms. The molecular weight excluding hydrogens is 254 g/mol. The Kier molecular flexibility index (Phi) is 2.39. The molecule has 20 heavy (non-hydrogen) atoms. The van der Waals surface area contributed by atoms with E-state index in [1.165, 1.54) is 0 Å². The molecule has 0 atom stereocenters. The van der Waals surface area contributed by atoms with E-state index in [0.717, 1.165) is 11.0 Å². The van der Waals surface area contributed by atoms with Gasteiger partial charge in [0.15, 0.2) is 5.76 Å². The number of furan rings is 1. The van der Waals surface area contributed by atoms with Crippen LogP contribution in [0.2, 0.25) is 0 Å². The Morgan fingerprint density at radius 1 is 1.25 bits per heavy atom. The minimum absolute atomic E-state index is 0.0513. The molecule has 3 heterocycles. The third kappa shape index (κ3) is 1.71. The highest BCUT2D eigenvalue weighted by Gasteiger charge is 2.34. The molecule has 1 saturated heterocycles. The third-order valence-corrected chi connectivity index (χ3v) is 3.68. The van der Waals surface area contributed by atoms with Crippen molar-refractivity contribution in [2.75, 3.05) is 13.1 Å². The van der Waals surface area contributed by atoms with Crippen LogP contribution in [0.5, 0.6) is 0 Å². The van der Waals surface area contributed by atoms with E-state index < -0.39 is 0 Å². The summed E-state index contributed by atoms with van der Waals surface area (Å²) in [5, 5.41) is 5.15. The molecule has 2 aromatic heterocycles. The third-order valence-electron chi connectivity index (χ3n) is 3.68. The van der Waals surface area contributed by atoms with Crippen molar-refractivity contribution >= 4 is 16.9 Å². The molecule has 0 aliphatic carbocycles. The molecule has 0 radical (unpaired) electrons. The van der Waals surface area contributed by atoms with Gasteiger partial charge in [-0.15, -0.1) is 0 Å². The van der Waals surface area contributed by atoms with Gasteiger partial charge >= 0.3 is 0 Å². The van der Waals surface area contributed by atoms with E-state index in [9.17, 15) is 4.79 Å². The second-order valence-electron chi connectivity index (χ2n) is 5.00. The number of amides is 1. The largest absolute Gasteiger partial charge is 0.451 e. The standard InChI is InChI=1S/C15H13N3O2/c19-15(14-8-11-4-1-2-5-13(11)20-14)17-9-12(10-17)18-7-3-6-16-18/h1-8,12H,9-10H2. The molecule has 100 valence electrons. The van der Waals surface area contributed by atoms with Crippen molar-refractivity contribution in [2.24, 2.45) is 0 Å². The molecule has 3 aromatic rings. The quantitative estimate of drug-likeness (QED) is 0.716. The summed E-state index contributed by atoms with van der Waals surface area (Å²) in [4.78, 5) is 14.1. The van der Waals surface area contributed by atoms with Gasteiger partial charge in [-0.3, -0.25) is 9.48 Å². The number of hydrogen-bond acceptors (Lipinski definition) is 3. The minimum Gasteiger partial charge on any atom is -0.451 e. The first kappa shape index (κ1) is 11.3. The lowest BCUT2D eigenvalue weighted by atomic mass is 10.1. The maximum absolute atomic E-state index is 12.3. The van der Waals surface area contributed by atoms with Crippen molar-refractivity contribution in [3.05, 3.63) is 54.6 Å². The molecule has 4 rings (SSSR count). The van der Waals surface area contributed by atoms with E-state index in [4.69, 9.17) is 4.42 Å². The van der Waals surface area contributed by atoms with Crippen molar-refractivity contribution in [3.8, 4) is 0 Å². The van der Waals surface area contributed by atoms with Gasteiger partial charge < -0.3 is 9.32 Å². The number of carbonyl (C=O) groups excluding carboxylic acids is 1. The highest BCUT2D eigenvalue weighted by atomic mass is 16.3. The fourth-order valence-electron chi connectivity index (χ4n) is 2.53. The Balaban J connectivity index is 1.51. The van der Waals surface area contributed by atoms with Crippen LogP contribution in [0.25, 0.3) is 11.0 Å². The number of hydrogen-bond donors (Lipinski definition) is 0. The Morgan fingerprint density at radius 2 is 2.10 bits per heavy atom. The summed E-state index contributed by atoms with van der Waals surface area (Å²) in [5.74, 6) is 0.356. The molecule has 1 amide bonds. The zero-order valence-corrected chi connectivity index (χ0v) is 10.8. The summed E-state index contributed by atoms with van der Waals surface area (Å²) in [6.45, 7) is 1.36. The van der Waals surface area contributed by atoms with Crippen LogP contribution in [0.1, 0.15) is 16.6 Å². The molecule has 1 aromatic carbocycles. The van der Waals surface area contributed by atoms with Gasteiger partial charge in [0.25, 0.3) is 5.91 Å². The lowest BCUT2D eigenvalue weighted by Crippen LogP contribution is -2.50. The van der Waals surface area contributed by atoms with Crippen LogP contribution in [0.3, 0.4) is 0 Å². The van der Waals surface area contributed by atoms with Crippen LogP contribution in [0.15, 0.2) is 53.2 Å². The molecule has 0 spiro atoms. The number of aromatic nitrogens is 2. The Hall–Kier alpha value is -2.56. The summed E-state index contributed by atoms with van der Waals surface area (Å²) < 4.78 is 7.49. The Morgan fingerprint density at radius 3 is 2.85 bits per heavy atom. The fourth-order valence-corrected chi connectivity index (χ4v) is 2.53. The second kappa shape index (κ2) is 4.23. The van der Waals surface area contributed by atoms with Crippen LogP contribution in [0, 0.1) is 0 Å². The van der Waals surface area contributed by atoms with Gasteiger partial charge in [0.1, 0.15) is 5.58 Å². The summed E-state index contributed by atoms with van der Waals surface area (Å²) in [7, 11) is 0. The molecule has 0 unspecified atom stereocenters. The van der Waals surface area contributed by atoms with E-state index in [1.807, 2.05) is 41.2 Å². The Labute approximate surface area is 115 Å². The van der Waals surface area contributed by atoms with Crippen molar-refractivity contribution < 1.29 is 9.21 Å². The average molecular weight is 267 g/mol. The van der Waals surface area contributed by atoms with Crippen LogP contribution >= 0.6 is 0 Å². The SMILES string of the molecule is O=C(c1cc2ccccc2o1)N1CC(n2cccn2)C1. The van der Waals surface area contributed by atoms with Crippen molar-refractivity contribution in [2.45, 2.75) is 6.04 Å². The number of fused-ring (bicyclic) bond motifs is 1. The number of likely N-dealkylation sites (tertiary alicyclic amines) is 1. The van der Waals surface area contributed by atoms with Gasteiger partial charge in [-0.1, -0.05) is 18.2 Å².